The van der Waals surface area contributed by atoms with Crippen LogP contribution in [-0.2, 0) is 0 Å². The molecule has 0 aliphatic carbocycles. The molecule has 4 aromatic rings. The molecule has 0 saturated heterocycles. The molecular formula is C28H24O2. The van der Waals surface area contributed by atoms with E-state index in [1.54, 1.807) is 13.8 Å². The van der Waals surface area contributed by atoms with Crippen LogP contribution in [0.4, 0.5) is 0 Å². The second kappa shape index (κ2) is 10.1. The Morgan fingerprint density at radius 3 is 1.47 bits per heavy atom. The normalized spacial score (nSPS) is 9.93. The van der Waals surface area contributed by atoms with E-state index in [0.717, 1.165) is 27.8 Å². The zero-order valence-corrected chi connectivity index (χ0v) is 17.2. The van der Waals surface area contributed by atoms with E-state index >= 15 is 0 Å². The van der Waals surface area contributed by atoms with E-state index < -0.39 is 0 Å². The van der Waals surface area contributed by atoms with Gasteiger partial charge in [0.05, 0.1) is 0 Å². The van der Waals surface area contributed by atoms with Gasteiger partial charge in [-0.25, -0.2) is 0 Å². The van der Waals surface area contributed by atoms with Crippen LogP contribution in [0.5, 0.6) is 0 Å². The molecule has 4 rings (SSSR count). The highest BCUT2D eigenvalue weighted by molar-refractivity contribution is 6.00. The lowest BCUT2D eigenvalue weighted by atomic mass is 9.98. The first-order chi connectivity index (χ1) is 14.6. The second-order valence-corrected chi connectivity index (χ2v) is 6.97. The highest BCUT2D eigenvalue weighted by Crippen LogP contribution is 2.23. The molecule has 0 unspecified atom stereocenters. The van der Waals surface area contributed by atoms with Gasteiger partial charge >= 0.3 is 0 Å². The predicted octanol–water partition coefficient (Wildman–Crippen LogP) is 7.11. The minimum Gasteiger partial charge on any atom is -0.295 e. The van der Waals surface area contributed by atoms with Crippen LogP contribution in [0.3, 0.4) is 0 Å². The first-order valence-electron chi connectivity index (χ1n) is 9.88. The van der Waals surface area contributed by atoms with E-state index in [1.165, 1.54) is 5.56 Å². The maximum atomic E-state index is 11.4. The molecule has 0 bridgehead atoms. The molecule has 0 aromatic heterocycles. The van der Waals surface area contributed by atoms with Crippen LogP contribution >= 0.6 is 0 Å². The van der Waals surface area contributed by atoms with Gasteiger partial charge in [0.15, 0.2) is 11.6 Å². The number of carbonyl (C=O) groups is 2. The van der Waals surface area contributed by atoms with E-state index in [0.29, 0.717) is 0 Å². The quantitative estimate of drug-likeness (QED) is 0.347. The van der Waals surface area contributed by atoms with Crippen LogP contribution in [0.25, 0.3) is 22.3 Å². The van der Waals surface area contributed by atoms with E-state index in [2.05, 4.69) is 12.1 Å². The number of carbonyl (C=O) groups excluding carboxylic acids is 2. The molecule has 0 aliphatic heterocycles. The van der Waals surface area contributed by atoms with Crippen molar-refractivity contribution >= 4 is 11.6 Å². The predicted molar refractivity (Wildman–Crippen MR) is 124 cm³/mol. The summed E-state index contributed by atoms with van der Waals surface area (Å²) in [6, 6.07) is 35.5. The van der Waals surface area contributed by atoms with Crippen molar-refractivity contribution in [3.63, 3.8) is 0 Å². The minimum atomic E-state index is 0.106. The molecule has 4 aromatic carbocycles. The molecule has 0 saturated carbocycles. The largest absolute Gasteiger partial charge is 0.295 e. The minimum absolute atomic E-state index is 0.106. The molecule has 2 nitrogen and oxygen atoms in total. The molecule has 0 spiro atoms. The number of ketones is 2. The third kappa shape index (κ3) is 5.39. The van der Waals surface area contributed by atoms with Gasteiger partial charge in [0.2, 0.25) is 0 Å². The molecule has 0 fully saturated rings. The Kier molecular flexibility index (Phi) is 7.07. The third-order valence-electron chi connectivity index (χ3n) is 4.79. The molecule has 148 valence electrons. The number of benzene rings is 4. The summed E-state index contributed by atoms with van der Waals surface area (Å²) in [7, 11) is 0. The molecule has 2 heteroatoms. The maximum absolute atomic E-state index is 11.4. The molecule has 30 heavy (non-hydrogen) atoms. The van der Waals surface area contributed by atoms with Crippen LogP contribution in [-0.4, -0.2) is 11.6 Å². The van der Waals surface area contributed by atoms with Crippen molar-refractivity contribution in [1.82, 2.24) is 0 Å². The highest BCUT2D eigenvalue weighted by atomic mass is 16.1. The van der Waals surface area contributed by atoms with Crippen molar-refractivity contribution in [2.75, 3.05) is 0 Å². The fourth-order valence-corrected chi connectivity index (χ4v) is 3.19. The number of hydrogen-bond donors (Lipinski definition) is 0. The average molecular weight is 392 g/mol. The maximum Gasteiger partial charge on any atom is 0.160 e. The average Bonchev–Trinajstić information content (AvgIpc) is 2.81. The van der Waals surface area contributed by atoms with E-state index in [4.69, 9.17) is 0 Å². The van der Waals surface area contributed by atoms with Gasteiger partial charge < -0.3 is 0 Å². The Morgan fingerprint density at radius 1 is 0.467 bits per heavy atom. The number of hydrogen-bond acceptors (Lipinski definition) is 2. The summed E-state index contributed by atoms with van der Waals surface area (Å²) in [5, 5.41) is 0. The molecular weight excluding hydrogens is 368 g/mol. The summed E-state index contributed by atoms with van der Waals surface area (Å²) in [5.74, 6) is 0.212. The van der Waals surface area contributed by atoms with Gasteiger partial charge in [-0.3, -0.25) is 9.59 Å². The zero-order chi connectivity index (χ0) is 21.3. The van der Waals surface area contributed by atoms with Gasteiger partial charge in [0.25, 0.3) is 0 Å². The van der Waals surface area contributed by atoms with E-state index in [-0.39, 0.29) is 11.6 Å². The van der Waals surface area contributed by atoms with Gasteiger partial charge in [-0.2, -0.15) is 0 Å². The lowest BCUT2D eigenvalue weighted by molar-refractivity contribution is 0.100. The second-order valence-electron chi connectivity index (χ2n) is 6.97. The Hall–Kier alpha value is -3.78. The lowest BCUT2D eigenvalue weighted by Gasteiger charge is -2.06. The molecule has 0 atom stereocenters. The van der Waals surface area contributed by atoms with Crippen LogP contribution in [0.2, 0.25) is 0 Å². The number of rotatable bonds is 4. The van der Waals surface area contributed by atoms with Crippen LogP contribution in [0.15, 0.2) is 109 Å². The molecule has 0 amide bonds. The lowest BCUT2D eigenvalue weighted by Crippen LogP contribution is -1.95. The molecule has 0 N–H and O–H groups in total. The van der Waals surface area contributed by atoms with Gasteiger partial charge in [0, 0.05) is 11.1 Å². The standard InChI is InChI=1S/2C14H12O/c1-11(15)13-9-5-6-10-14(13)12-7-3-2-4-8-12;1-11(15)12-7-9-14(10-8-12)13-5-3-2-4-6-13/h2*2-10H,1H3. The first kappa shape index (κ1) is 20.9. The van der Waals surface area contributed by atoms with Crippen molar-refractivity contribution in [1.29, 1.82) is 0 Å². The monoisotopic (exact) mass is 392 g/mol. The van der Waals surface area contributed by atoms with Crippen molar-refractivity contribution in [2.45, 2.75) is 13.8 Å². The topological polar surface area (TPSA) is 34.1 Å². The number of Topliss-reactive ketones (excluding diaryl/α,β-unsaturated/α-hetero) is 2. The third-order valence-corrected chi connectivity index (χ3v) is 4.79. The smallest absolute Gasteiger partial charge is 0.160 e. The van der Waals surface area contributed by atoms with E-state index in [1.807, 2.05) is 97.1 Å². The van der Waals surface area contributed by atoms with Crippen molar-refractivity contribution in [2.24, 2.45) is 0 Å². The van der Waals surface area contributed by atoms with Crippen molar-refractivity contribution in [3.05, 3.63) is 120 Å². The van der Waals surface area contributed by atoms with Crippen LogP contribution in [0.1, 0.15) is 34.6 Å². The summed E-state index contributed by atoms with van der Waals surface area (Å²) in [6.45, 7) is 3.18. The summed E-state index contributed by atoms with van der Waals surface area (Å²) in [5.41, 5.74) is 5.94. The fourth-order valence-electron chi connectivity index (χ4n) is 3.19. The first-order valence-corrected chi connectivity index (χ1v) is 9.88. The van der Waals surface area contributed by atoms with Crippen molar-refractivity contribution in [3.8, 4) is 22.3 Å². The van der Waals surface area contributed by atoms with Gasteiger partial charge in [0.1, 0.15) is 0 Å². The van der Waals surface area contributed by atoms with Gasteiger partial charge in [-0.1, -0.05) is 109 Å². The molecule has 0 aliphatic rings. The highest BCUT2D eigenvalue weighted by Gasteiger charge is 2.07. The Bertz CT molecular complexity index is 1110. The van der Waals surface area contributed by atoms with Crippen LogP contribution in [0, 0.1) is 0 Å². The Morgan fingerprint density at radius 2 is 0.933 bits per heavy atom. The fraction of sp³-hybridized carbons (Fsp3) is 0.0714. The Labute approximate surface area is 177 Å². The summed E-state index contributed by atoms with van der Waals surface area (Å²) >= 11 is 0. The van der Waals surface area contributed by atoms with Gasteiger partial charge in [-0.15, -0.1) is 0 Å². The molecule has 0 heterocycles. The SMILES string of the molecule is CC(=O)c1ccc(-c2ccccc2)cc1.CC(=O)c1ccccc1-c1ccccc1. The zero-order valence-electron chi connectivity index (χ0n) is 17.2. The summed E-state index contributed by atoms with van der Waals surface area (Å²) < 4.78 is 0. The molecule has 0 radical (unpaired) electrons. The van der Waals surface area contributed by atoms with E-state index in [9.17, 15) is 9.59 Å². The van der Waals surface area contributed by atoms with Crippen LogP contribution < -0.4 is 0 Å². The van der Waals surface area contributed by atoms with Gasteiger partial charge in [-0.05, 0) is 36.1 Å². The summed E-state index contributed by atoms with van der Waals surface area (Å²) in [4.78, 5) is 22.5. The Balaban J connectivity index is 0.000000171. The van der Waals surface area contributed by atoms with Crippen molar-refractivity contribution < 1.29 is 9.59 Å². The summed E-state index contributed by atoms with van der Waals surface area (Å²) in [6.07, 6.45) is 0.